The fourth-order valence-corrected chi connectivity index (χ4v) is 11.2. The van der Waals surface area contributed by atoms with Crippen LogP contribution < -0.4 is 0 Å². The van der Waals surface area contributed by atoms with Crippen LogP contribution >= 0.6 is 0 Å². The molecule has 304 valence electrons. The van der Waals surface area contributed by atoms with Crippen molar-refractivity contribution in [3.05, 3.63) is 269 Å². The average Bonchev–Trinajstić information content (AvgIpc) is 3.67. The van der Waals surface area contributed by atoms with Gasteiger partial charge in [0, 0.05) is 16.5 Å². The first-order chi connectivity index (χ1) is 31.5. The summed E-state index contributed by atoms with van der Waals surface area (Å²) in [4.78, 5) is 5.31. The van der Waals surface area contributed by atoms with Crippen LogP contribution in [0.1, 0.15) is 71.2 Å². The van der Waals surface area contributed by atoms with Gasteiger partial charge in [-0.1, -0.05) is 214 Å². The van der Waals surface area contributed by atoms with Crippen molar-refractivity contribution < 1.29 is 0 Å². The predicted octanol–water partition coefficient (Wildman–Crippen LogP) is 16.0. The molecule has 1 spiro atoms. The summed E-state index contributed by atoms with van der Waals surface area (Å²) in [7, 11) is 0. The van der Waals surface area contributed by atoms with E-state index in [-0.39, 0.29) is 5.41 Å². The zero-order chi connectivity index (χ0) is 42.8. The molecular weight excluding hydrogens is 771 g/mol. The van der Waals surface area contributed by atoms with Gasteiger partial charge in [-0.05, 0) is 126 Å². The molecule has 0 bridgehead atoms. The van der Waals surface area contributed by atoms with E-state index in [0.717, 1.165) is 40.9 Å². The average molecular weight is 818 g/mol. The van der Waals surface area contributed by atoms with E-state index in [1.54, 1.807) is 0 Å². The molecule has 0 N–H and O–H groups in total. The van der Waals surface area contributed by atoms with Gasteiger partial charge in [0.25, 0.3) is 0 Å². The van der Waals surface area contributed by atoms with Gasteiger partial charge in [-0.2, -0.15) is 0 Å². The zero-order valence-electron chi connectivity index (χ0n) is 36.2. The number of rotatable bonds is 6. The van der Waals surface area contributed by atoms with Crippen LogP contribution in [-0.2, 0) is 10.8 Å². The fraction of sp³-hybridized carbons (Fsp3) is 0.0952. The van der Waals surface area contributed by atoms with Crippen molar-refractivity contribution in [2.24, 2.45) is 0 Å². The third-order valence-corrected chi connectivity index (χ3v) is 14.3. The first kappa shape index (κ1) is 38.1. The number of benzene rings is 8. The third kappa shape index (κ3) is 5.95. The second-order valence-electron chi connectivity index (χ2n) is 18.1. The summed E-state index contributed by atoms with van der Waals surface area (Å²) < 4.78 is 0. The Kier molecular flexibility index (Phi) is 8.95. The number of hydrogen-bond donors (Lipinski definition) is 0. The maximum absolute atomic E-state index is 5.31. The minimum absolute atomic E-state index is 0.170. The standard InChI is InChI=1S/C63H47N/c1-62(2)54-27-12-14-29-56(54)63(57-30-15-13-28-55(57)62)53-37-36-49(44-34-32-43(33-35-44)48-25-16-24-47(38-48)42-18-6-3-7-19-42)39-52(53)61-51(26-17-31-58(61)63)50-40-59(45-20-8-4-9-21-45)64-60(41-50)46-22-10-5-11-23-46/h3-32,34,36-41H,33,35H2,1-2H3. The molecular formula is C63H47N. The Labute approximate surface area is 376 Å². The van der Waals surface area contributed by atoms with Gasteiger partial charge in [-0.3, -0.25) is 0 Å². The molecule has 3 aliphatic carbocycles. The summed E-state index contributed by atoms with van der Waals surface area (Å²) in [5.74, 6) is 0. The molecule has 0 aliphatic heterocycles. The lowest BCUT2D eigenvalue weighted by Crippen LogP contribution is -2.40. The number of fused-ring (bicyclic) bond motifs is 9. The first-order valence-corrected chi connectivity index (χ1v) is 22.7. The molecule has 0 saturated carbocycles. The van der Waals surface area contributed by atoms with Gasteiger partial charge in [0.2, 0.25) is 0 Å². The summed E-state index contributed by atoms with van der Waals surface area (Å²) in [6.45, 7) is 4.80. The molecule has 0 radical (unpaired) electrons. The van der Waals surface area contributed by atoms with Crippen LogP contribution in [0.15, 0.2) is 224 Å². The smallest absolute Gasteiger partial charge is 0.0719 e. The van der Waals surface area contributed by atoms with E-state index in [4.69, 9.17) is 4.98 Å². The molecule has 12 rings (SSSR count). The molecule has 64 heavy (non-hydrogen) atoms. The maximum Gasteiger partial charge on any atom is 0.0719 e. The van der Waals surface area contributed by atoms with E-state index in [2.05, 4.69) is 238 Å². The monoisotopic (exact) mass is 817 g/mol. The highest BCUT2D eigenvalue weighted by atomic mass is 14.7. The Morgan fingerprint density at radius 2 is 0.797 bits per heavy atom. The number of pyridine rings is 1. The van der Waals surface area contributed by atoms with Crippen LogP contribution in [-0.4, -0.2) is 4.98 Å². The van der Waals surface area contributed by atoms with E-state index in [9.17, 15) is 0 Å². The Morgan fingerprint density at radius 3 is 1.38 bits per heavy atom. The minimum atomic E-state index is -0.503. The van der Waals surface area contributed by atoms with Gasteiger partial charge < -0.3 is 0 Å². The lowest BCUT2D eigenvalue weighted by molar-refractivity contribution is 0.563. The number of aromatic nitrogens is 1. The van der Waals surface area contributed by atoms with Gasteiger partial charge in [0.1, 0.15) is 0 Å². The Bertz CT molecular complexity index is 3220. The molecule has 3 aliphatic rings. The zero-order valence-corrected chi connectivity index (χ0v) is 36.2. The lowest BCUT2D eigenvalue weighted by Gasteiger charge is -2.46. The van der Waals surface area contributed by atoms with Crippen molar-refractivity contribution in [3.8, 4) is 55.9 Å². The molecule has 0 fully saturated rings. The Morgan fingerprint density at radius 1 is 0.328 bits per heavy atom. The Balaban J connectivity index is 1.08. The number of nitrogens with zero attached hydrogens (tertiary/aromatic N) is 1. The highest BCUT2D eigenvalue weighted by Gasteiger charge is 2.53. The van der Waals surface area contributed by atoms with Crippen molar-refractivity contribution in [1.29, 1.82) is 0 Å². The van der Waals surface area contributed by atoms with Crippen LogP contribution in [0.5, 0.6) is 0 Å². The molecule has 1 nitrogen and oxygen atoms in total. The fourth-order valence-electron chi connectivity index (χ4n) is 11.2. The van der Waals surface area contributed by atoms with Crippen molar-refractivity contribution in [3.63, 3.8) is 0 Å². The third-order valence-electron chi connectivity index (χ3n) is 14.3. The van der Waals surface area contributed by atoms with E-state index in [1.807, 2.05) is 0 Å². The van der Waals surface area contributed by atoms with Crippen LogP contribution in [0, 0.1) is 0 Å². The topological polar surface area (TPSA) is 12.9 Å². The van der Waals surface area contributed by atoms with E-state index < -0.39 is 5.41 Å². The molecule has 0 unspecified atom stereocenters. The highest BCUT2D eigenvalue weighted by molar-refractivity contribution is 5.98. The van der Waals surface area contributed by atoms with Gasteiger partial charge in [-0.15, -0.1) is 0 Å². The summed E-state index contributed by atoms with van der Waals surface area (Å²) in [6, 6.07) is 78.5. The number of allylic oxidation sites excluding steroid dienone is 4. The Hall–Kier alpha value is -7.61. The van der Waals surface area contributed by atoms with E-state index in [1.165, 1.54) is 83.5 Å². The molecule has 8 aromatic carbocycles. The summed E-state index contributed by atoms with van der Waals surface area (Å²) in [5, 5.41) is 0. The van der Waals surface area contributed by atoms with Crippen LogP contribution in [0.25, 0.3) is 67.0 Å². The molecule has 0 saturated heterocycles. The van der Waals surface area contributed by atoms with Crippen molar-refractivity contribution in [2.75, 3.05) is 0 Å². The largest absolute Gasteiger partial charge is 0.248 e. The summed E-state index contributed by atoms with van der Waals surface area (Å²) in [5.41, 5.74) is 24.5. The minimum Gasteiger partial charge on any atom is -0.248 e. The SMILES string of the molecule is CC1(C)c2ccccc2C2(c3ccc(C4=CC=C(c5cccc(-c6ccccc6)c5)CC4)cc3-c3c(-c4cc(-c5ccccc5)nc(-c5ccccc5)c4)cccc32)c2ccccc21. The second kappa shape index (κ2) is 15.0. The second-order valence-corrected chi connectivity index (χ2v) is 18.1. The van der Waals surface area contributed by atoms with Crippen molar-refractivity contribution in [1.82, 2.24) is 4.98 Å². The molecule has 9 aromatic rings. The molecule has 1 aromatic heterocycles. The van der Waals surface area contributed by atoms with Gasteiger partial charge in [0.15, 0.2) is 0 Å². The molecule has 0 atom stereocenters. The van der Waals surface area contributed by atoms with Crippen molar-refractivity contribution in [2.45, 2.75) is 37.5 Å². The number of hydrogen-bond acceptors (Lipinski definition) is 1. The molecule has 0 amide bonds. The van der Waals surface area contributed by atoms with Gasteiger partial charge >= 0.3 is 0 Å². The quantitative estimate of drug-likeness (QED) is 0.163. The molecule has 1 heterocycles. The van der Waals surface area contributed by atoms with Crippen LogP contribution in [0.3, 0.4) is 0 Å². The first-order valence-electron chi connectivity index (χ1n) is 22.7. The van der Waals surface area contributed by atoms with E-state index >= 15 is 0 Å². The lowest BCUT2D eigenvalue weighted by atomic mass is 9.55. The van der Waals surface area contributed by atoms with Crippen LogP contribution in [0.4, 0.5) is 0 Å². The normalized spacial score (nSPS) is 15.0. The predicted molar refractivity (Wildman–Crippen MR) is 267 cm³/mol. The summed E-state index contributed by atoms with van der Waals surface area (Å²) >= 11 is 0. The van der Waals surface area contributed by atoms with Crippen LogP contribution in [0.2, 0.25) is 0 Å². The van der Waals surface area contributed by atoms with Crippen molar-refractivity contribution >= 4 is 11.1 Å². The van der Waals surface area contributed by atoms with Gasteiger partial charge in [-0.25, -0.2) is 4.98 Å². The molecule has 1 heteroatoms. The maximum atomic E-state index is 5.31. The highest BCUT2D eigenvalue weighted by Crippen LogP contribution is 2.63. The van der Waals surface area contributed by atoms with E-state index in [0.29, 0.717) is 0 Å². The van der Waals surface area contributed by atoms with Gasteiger partial charge in [0.05, 0.1) is 16.8 Å². The summed E-state index contributed by atoms with van der Waals surface area (Å²) in [6.07, 6.45) is 6.71.